The number of hydrogen-bond acceptors (Lipinski definition) is 5. The monoisotopic (exact) mass is 355 g/mol. The fourth-order valence-corrected chi connectivity index (χ4v) is 3.54. The highest BCUT2D eigenvalue weighted by molar-refractivity contribution is 6.03. The lowest BCUT2D eigenvalue weighted by Crippen LogP contribution is -2.49. The highest BCUT2D eigenvalue weighted by atomic mass is 16.5. The smallest absolute Gasteiger partial charge is 0.274 e. The van der Waals surface area contributed by atoms with Crippen LogP contribution in [0.4, 0.5) is 5.69 Å². The third kappa shape index (κ3) is 2.83. The van der Waals surface area contributed by atoms with Crippen molar-refractivity contribution in [2.24, 2.45) is 5.92 Å². The molecule has 1 aliphatic heterocycles. The predicted octanol–water partition coefficient (Wildman–Crippen LogP) is 1.95. The first-order valence-electron chi connectivity index (χ1n) is 8.82. The fourth-order valence-electron chi connectivity index (χ4n) is 3.54. The number of para-hydroxylation sites is 2. The molecule has 0 saturated carbocycles. The van der Waals surface area contributed by atoms with Crippen LogP contribution < -0.4 is 15.0 Å². The molecular weight excluding hydrogens is 334 g/mol. The van der Waals surface area contributed by atoms with Crippen molar-refractivity contribution >= 4 is 17.5 Å². The molecule has 136 valence electrons. The van der Waals surface area contributed by atoms with E-state index in [1.165, 1.54) is 4.90 Å². The number of amides is 2. The summed E-state index contributed by atoms with van der Waals surface area (Å²) >= 11 is 0. The summed E-state index contributed by atoms with van der Waals surface area (Å²) in [6.45, 7) is 2.22. The minimum atomic E-state index is -0.784. The second-order valence-electron chi connectivity index (χ2n) is 6.98. The van der Waals surface area contributed by atoms with Gasteiger partial charge in [-0.05, 0) is 30.9 Å². The standard InChI is InChI=1S/C19H21N3O4/c1-11-7-8-15-12(9-11)17(21-26-15)18(23)20-13-10-25-16-6-4-3-5-14(16)22(2)19(13)24/h3-6,11,13H,7-10H2,1-2H3,(H,20,23)/t11-,13+/m1/s1. The normalized spacial score (nSPS) is 22.1. The fraction of sp³-hybridized carbons (Fsp3) is 0.421. The van der Waals surface area contributed by atoms with Crippen molar-refractivity contribution in [3.05, 3.63) is 41.3 Å². The van der Waals surface area contributed by atoms with Gasteiger partial charge in [-0.1, -0.05) is 24.2 Å². The number of aryl methyl sites for hydroxylation is 1. The molecule has 2 aromatic rings. The molecule has 0 bridgehead atoms. The first-order valence-corrected chi connectivity index (χ1v) is 8.82. The molecule has 0 saturated heterocycles. The van der Waals surface area contributed by atoms with Gasteiger partial charge in [-0.3, -0.25) is 9.59 Å². The van der Waals surface area contributed by atoms with E-state index in [9.17, 15) is 9.59 Å². The molecule has 0 radical (unpaired) electrons. The second kappa shape index (κ2) is 6.48. The number of hydrogen-bond donors (Lipinski definition) is 1. The van der Waals surface area contributed by atoms with Crippen LogP contribution >= 0.6 is 0 Å². The summed E-state index contributed by atoms with van der Waals surface area (Å²) < 4.78 is 11.1. The Morgan fingerprint density at radius 2 is 2.15 bits per heavy atom. The van der Waals surface area contributed by atoms with Crippen LogP contribution in [0.15, 0.2) is 28.8 Å². The lowest BCUT2D eigenvalue weighted by Gasteiger charge is -2.20. The van der Waals surface area contributed by atoms with E-state index in [2.05, 4.69) is 17.4 Å². The SMILES string of the molecule is C[C@@H]1CCc2onc(C(=O)N[C@H]3COc4ccccc4N(C)C3=O)c2C1. The average Bonchev–Trinajstić information content (AvgIpc) is 3.02. The van der Waals surface area contributed by atoms with Crippen LogP contribution in [0.5, 0.6) is 5.75 Å². The number of anilines is 1. The third-order valence-corrected chi connectivity index (χ3v) is 5.07. The summed E-state index contributed by atoms with van der Waals surface area (Å²) in [5.74, 6) is 1.25. The maximum atomic E-state index is 12.7. The van der Waals surface area contributed by atoms with Crippen LogP contribution in [0.3, 0.4) is 0 Å². The van der Waals surface area contributed by atoms with Crippen LogP contribution in [0.2, 0.25) is 0 Å². The Kier molecular flexibility index (Phi) is 4.14. The van der Waals surface area contributed by atoms with E-state index in [1.807, 2.05) is 18.2 Å². The first-order chi connectivity index (χ1) is 12.5. The Hall–Kier alpha value is -2.83. The first kappa shape index (κ1) is 16.6. The van der Waals surface area contributed by atoms with Gasteiger partial charge >= 0.3 is 0 Å². The predicted molar refractivity (Wildman–Crippen MR) is 94.3 cm³/mol. The van der Waals surface area contributed by atoms with Crippen molar-refractivity contribution in [3.63, 3.8) is 0 Å². The molecule has 2 aliphatic rings. The van der Waals surface area contributed by atoms with Crippen LogP contribution in [0.1, 0.15) is 35.2 Å². The zero-order chi connectivity index (χ0) is 18.3. The highest BCUT2D eigenvalue weighted by Gasteiger charge is 2.33. The lowest BCUT2D eigenvalue weighted by atomic mass is 9.88. The molecule has 2 atom stereocenters. The van der Waals surface area contributed by atoms with Gasteiger partial charge in [-0.2, -0.15) is 0 Å². The van der Waals surface area contributed by atoms with Crippen molar-refractivity contribution < 1.29 is 18.8 Å². The molecule has 1 aromatic carbocycles. The van der Waals surface area contributed by atoms with Crippen molar-refractivity contribution in [1.82, 2.24) is 10.5 Å². The minimum Gasteiger partial charge on any atom is -0.489 e. The highest BCUT2D eigenvalue weighted by Crippen LogP contribution is 2.30. The number of likely N-dealkylation sites (N-methyl/N-ethyl adjacent to an activating group) is 1. The molecule has 0 fully saturated rings. The number of ether oxygens (including phenoxy) is 1. The van der Waals surface area contributed by atoms with Crippen LogP contribution in [0.25, 0.3) is 0 Å². The number of nitrogens with one attached hydrogen (secondary N) is 1. The summed E-state index contributed by atoms with van der Waals surface area (Å²) in [4.78, 5) is 27.0. The molecule has 0 unspecified atom stereocenters. The van der Waals surface area contributed by atoms with E-state index < -0.39 is 11.9 Å². The van der Waals surface area contributed by atoms with E-state index in [0.29, 0.717) is 17.4 Å². The second-order valence-corrected chi connectivity index (χ2v) is 6.98. The molecule has 1 N–H and O–H groups in total. The lowest BCUT2D eigenvalue weighted by molar-refractivity contribution is -0.120. The van der Waals surface area contributed by atoms with E-state index >= 15 is 0 Å². The molecular formula is C19H21N3O4. The van der Waals surface area contributed by atoms with Crippen molar-refractivity contribution in [2.45, 2.75) is 32.2 Å². The van der Waals surface area contributed by atoms with Gasteiger partial charge in [-0.25, -0.2) is 0 Å². The van der Waals surface area contributed by atoms with Gasteiger partial charge in [0.2, 0.25) is 0 Å². The molecule has 2 amide bonds. The molecule has 1 aromatic heterocycles. The maximum Gasteiger partial charge on any atom is 0.274 e. The van der Waals surface area contributed by atoms with Crippen molar-refractivity contribution in [1.29, 1.82) is 0 Å². The largest absolute Gasteiger partial charge is 0.489 e. The zero-order valence-electron chi connectivity index (χ0n) is 14.8. The Morgan fingerprint density at radius 1 is 1.35 bits per heavy atom. The quantitative estimate of drug-likeness (QED) is 0.890. The van der Waals surface area contributed by atoms with Gasteiger partial charge in [0.25, 0.3) is 11.8 Å². The Balaban J connectivity index is 1.54. The van der Waals surface area contributed by atoms with Gasteiger partial charge in [0.1, 0.15) is 24.2 Å². The van der Waals surface area contributed by atoms with Gasteiger partial charge in [-0.15, -0.1) is 0 Å². The topological polar surface area (TPSA) is 84.7 Å². The summed E-state index contributed by atoms with van der Waals surface area (Å²) in [7, 11) is 1.68. The Bertz CT molecular complexity index is 860. The number of carbonyl (C=O) groups is 2. The molecule has 7 heteroatoms. The summed E-state index contributed by atoms with van der Waals surface area (Å²) in [6.07, 6.45) is 2.59. The van der Waals surface area contributed by atoms with Crippen LogP contribution in [-0.2, 0) is 17.6 Å². The molecule has 4 rings (SSSR count). The van der Waals surface area contributed by atoms with Crippen LogP contribution in [-0.4, -0.2) is 36.7 Å². The zero-order valence-corrected chi connectivity index (χ0v) is 14.8. The Morgan fingerprint density at radius 3 is 3.00 bits per heavy atom. The molecule has 0 spiro atoms. The number of aromatic nitrogens is 1. The van der Waals surface area contributed by atoms with E-state index in [0.717, 1.165) is 30.6 Å². The number of carbonyl (C=O) groups excluding carboxylic acids is 2. The van der Waals surface area contributed by atoms with Crippen LogP contribution in [0, 0.1) is 5.92 Å². The maximum absolute atomic E-state index is 12.7. The number of benzene rings is 1. The molecule has 2 heterocycles. The minimum absolute atomic E-state index is 0.0718. The molecule has 7 nitrogen and oxygen atoms in total. The van der Waals surface area contributed by atoms with Gasteiger partial charge in [0.05, 0.1) is 5.69 Å². The van der Waals surface area contributed by atoms with E-state index in [4.69, 9.17) is 9.26 Å². The average molecular weight is 355 g/mol. The third-order valence-electron chi connectivity index (χ3n) is 5.07. The molecule has 1 aliphatic carbocycles. The number of nitrogens with zero attached hydrogens (tertiary/aromatic N) is 2. The van der Waals surface area contributed by atoms with Crippen molar-refractivity contribution in [2.75, 3.05) is 18.6 Å². The summed E-state index contributed by atoms with van der Waals surface area (Å²) in [6, 6.07) is 6.52. The van der Waals surface area contributed by atoms with Gasteiger partial charge in [0, 0.05) is 19.0 Å². The van der Waals surface area contributed by atoms with Gasteiger partial charge in [0.15, 0.2) is 5.69 Å². The number of rotatable bonds is 2. The van der Waals surface area contributed by atoms with E-state index in [1.54, 1.807) is 13.1 Å². The molecule has 26 heavy (non-hydrogen) atoms. The van der Waals surface area contributed by atoms with Gasteiger partial charge < -0.3 is 19.5 Å². The summed E-state index contributed by atoms with van der Waals surface area (Å²) in [5.41, 5.74) is 1.82. The number of fused-ring (bicyclic) bond motifs is 2. The van der Waals surface area contributed by atoms with E-state index in [-0.39, 0.29) is 18.2 Å². The Labute approximate surface area is 151 Å². The summed E-state index contributed by atoms with van der Waals surface area (Å²) in [5, 5.41) is 6.72. The van der Waals surface area contributed by atoms with Crippen molar-refractivity contribution in [3.8, 4) is 5.75 Å².